The number of rotatable bonds is 3. The van der Waals surface area contributed by atoms with E-state index >= 15 is 0 Å². The van der Waals surface area contributed by atoms with Crippen LogP contribution in [0.3, 0.4) is 0 Å². The molecule has 16 heavy (non-hydrogen) atoms. The maximum atomic E-state index is 9.47. The van der Waals surface area contributed by atoms with Crippen LogP contribution in [0.2, 0.25) is 0 Å². The first kappa shape index (κ1) is 11.2. The molecule has 1 N–H and O–H groups in total. The Hall–Kier alpha value is -1.28. The molecule has 2 heteroatoms. The highest BCUT2D eigenvalue weighted by molar-refractivity contribution is 5.68. The monoisotopic (exact) mass is 218 g/mol. The number of aliphatic hydroxyl groups is 1. The summed E-state index contributed by atoms with van der Waals surface area (Å²) >= 11 is 0. The van der Waals surface area contributed by atoms with Gasteiger partial charge >= 0.3 is 0 Å². The lowest BCUT2D eigenvalue weighted by Crippen LogP contribution is -2.05. The van der Waals surface area contributed by atoms with Gasteiger partial charge in [0.1, 0.15) is 5.75 Å². The van der Waals surface area contributed by atoms with Crippen molar-refractivity contribution in [3.05, 3.63) is 35.9 Å². The van der Waals surface area contributed by atoms with Crippen LogP contribution < -0.4 is 4.74 Å². The molecule has 1 unspecified atom stereocenters. The van der Waals surface area contributed by atoms with E-state index in [1.807, 2.05) is 38.1 Å². The minimum absolute atomic E-state index is 0.193. The Balaban J connectivity index is 2.19. The molecule has 0 bridgehead atoms. The second-order valence-corrected chi connectivity index (χ2v) is 4.49. The molecule has 0 saturated heterocycles. The van der Waals surface area contributed by atoms with E-state index in [1.54, 1.807) is 0 Å². The van der Waals surface area contributed by atoms with E-state index in [-0.39, 0.29) is 12.2 Å². The summed E-state index contributed by atoms with van der Waals surface area (Å²) in [6, 6.07) is 8.08. The Morgan fingerprint density at radius 2 is 2.19 bits per heavy atom. The van der Waals surface area contributed by atoms with Crippen molar-refractivity contribution in [1.82, 2.24) is 0 Å². The average Bonchev–Trinajstić information content (AvgIpc) is 2.64. The molecule has 2 rings (SSSR count). The standard InChI is InChI=1S/C14H18O2/c1-10(2)16-14-5-3-4-11(9-14)12-6-7-13(15)8-12/h3-5,8-10,13,15H,6-7H2,1-2H3. The van der Waals surface area contributed by atoms with Crippen LogP contribution in [0.15, 0.2) is 30.3 Å². The predicted octanol–water partition coefficient (Wildman–Crippen LogP) is 3.01. The van der Waals surface area contributed by atoms with Gasteiger partial charge in [-0.05, 0) is 50.0 Å². The van der Waals surface area contributed by atoms with Crippen molar-refractivity contribution in [3.63, 3.8) is 0 Å². The van der Waals surface area contributed by atoms with Gasteiger partial charge in [-0.3, -0.25) is 0 Å². The minimum atomic E-state index is -0.273. The normalized spacial score (nSPS) is 20.0. The van der Waals surface area contributed by atoms with Crippen molar-refractivity contribution >= 4 is 5.57 Å². The number of benzene rings is 1. The number of ether oxygens (including phenoxy) is 1. The molecule has 1 aromatic carbocycles. The molecule has 2 nitrogen and oxygen atoms in total. The van der Waals surface area contributed by atoms with Gasteiger partial charge in [0, 0.05) is 0 Å². The van der Waals surface area contributed by atoms with Gasteiger partial charge in [-0.15, -0.1) is 0 Å². The first-order chi connectivity index (χ1) is 7.65. The quantitative estimate of drug-likeness (QED) is 0.845. The molecule has 0 saturated carbocycles. The minimum Gasteiger partial charge on any atom is -0.491 e. The molecule has 1 atom stereocenters. The third-order valence-electron chi connectivity index (χ3n) is 2.68. The maximum absolute atomic E-state index is 9.47. The number of aliphatic hydroxyl groups excluding tert-OH is 1. The van der Waals surface area contributed by atoms with E-state index in [4.69, 9.17) is 4.74 Å². The molecule has 1 aliphatic rings. The van der Waals surface area contributed by atoms with Gasteiger partial charge in [0.15, 0.2) is 0 Å². The van der Waals surface area contributed by atoms with E-state index in [9.17, 15) is 5.11 Å². The lowest BCUT2D eigenvalue weighted by molar-refractivity contribution is 0.223. The largest absolute Gasteiger partial charge is 0.491 e. The molecule has 0 heterocycles. The van der Waals surface area contributed by atoms with Gasteiger partial charge in [0.05, 0.1) is 12.2 Å². The zero-order valence-corrected chi connectivity index (χ0v) is 9.81. The third-order valence-corrected chi connectivity index (χ3v) is 2.68. The van der Waals surface area contributed by atoms with Gasteiger partial charge in [-0.1, -0.05) is 18.2 Å². The van der Waals surface area contributed by atoms with Gasteiger partial charge in [-0.25, -0.2) is 0 Å². The second kappa shape index (κ2) is 4.71. The van der Waals surface area contributed by atoms with Crippen molar-refractivity contribution in [1.29, 1.82) is 0 Å². The van der Waals surface area contributed by atoms with Crippen LogP contribution in [0.25, 0.3) is 5.57 Å². The summed E-state index contributed by atoms with van der Waals surface area (Å²) < 4.78 is 5.65. The van der Waals surface area contributed by atoms with Crippen LogP contribution in [0.1, 0.15) is 32.3 Å². The Labute approximate surface area is 96.6 Å². The fourth-order valence-corrected chi connectivity index (χ4v) is 1.98. The second-order valence-electron chi connectivity index (χ2n) is 4.49. The molecule has 1 aromatic rings. The smallest absolute Gasteiger partial charge is 0.120 e. The molecular formula is C14H18O2. The summed E-state index contributed by atoms with van der Waals surface area (Å²) in [5, 5.41) is 9.47. The lowest BCUT2D eigenvalue weighted by atomic mass is 10.1. The zero-order chi connectivity index (χ0) is 11.5. The molecule has 0 aliphatic heterocycles. The third kappa shape index (κ3) is 2.64. The van der Waals surface area contributed by atoms with Crippen molar-refractivity contribution in [3.8, 4) is 5.75 Å². The molecule has 0 amide bonds. The number of allylic oxidation sites excluding steroid dienone is 1. The van der Waals surface area contributed by atoms with Crippen LogP contribution in [0, 0.1) is 0 Å². The van der Waals surface area contributed by atoms with Crippen LogP contribution in [-0.4, -0.2) is 17.3 Å². The van der Waals surface area contributed by atoms with Crippen molar-refractivity contribution in [2.45, 2.75) is 38.9 Å². The molecule has 0 fully saturated rings. The molecular weight excluding hydrogens is 200 g/mol. The van der Waals surface area contributed by atoms with Crippen molar-refractivity contribution in [2.75, 3.05) is 0 Å². The molecule has 86 valence electrons. The summed E-state index contributed by atoms with van der Waals surface area (Å²) in [6.07, 6.45) is 3.65. The Morgan fingerprint density at radius 1 is 1.38 bits per heavy atom. The molecule has 0 radical (unpaired) electrons. The summed E-state index contributed by atoms with van der Waals surface area (Å²) in [4.78, 5) is 0. The summed E-state index contributed by atoms with van der Waals surface area (Å²) in [7, 11) is 0. The topological polar surface area (TPSA) is 29.5 Å². The van der Waals surface area contributed by atoms with Crippen LogP contribution >= 0.6 is 0 Å². The van der Waals surface area contributed by atoms with Crippen LogP contribution in [0.5, 0.6) is 5.75 Å². The van der Waals surface area contributed by atoms with Crippen molar-refractivity contribution < 1.29 is 9.84 Å². The van der Waals surface area contributed by atoms with Gasteiger partial charge in [0.25, 0.3) is 0 Å². The van der Waals surface area contributed by atoms with E-state index in [1.165, 1.54) is 5.57 Å². The predicted molar refractivity (Wildman–Crippen MR) is 65.4 cm³/mol. The van der Waals surface area contributed by atoms with E-state index in [0.29, 0.717) is 0 Å². The highest BCUT2D eigenvalue weighted by atomic mass is 16.5. The van der Waals surface area contributed by atoms with Gasteiger partial charge in [0.2, 0.25) is 0 Å². The van der Waals surface area contributed by atoms with Crippen LogP contribution in [-0.2, 0) is 0 Å². The highest BCUT2D eigenvalue weighted by Gasteiger charge is 2.14. The Morgan fingerprint density at radius 3 is 2.81 bits per heavy atom. The molecule has 0 spiro atoms. The summed E-state index contributed by atoms with van der Waals surface area (Å²) in [6.45, 7) is 4.04. The Bertz CT molecular complexity index is 393. The fourth-order valence-electron chi connectivity index (χ4n) is 1.98. The van der Waals surface area contributed by atoms with E-state index < -0.39 is 0 Å². The molecule has 1 aliphatic carbocycles. The number of hydrogen-bond donors (Lipinski definition) is 1. The van der Waals surface area contributed by atoms with E-state index in [0.717, 1.165) is 24.2 Å². The zero-order valence-electron chi connectivity index (χ0n) is 9.81. The summed E-state index contributed by atoms with van der Waals surface area (Å²) in [5.74, 6) is 0.898. The fraction of sp³-hybridized carbons (Fsp3) is 0.429. The first-order valence-corrected chi connectivity index (χ1v) is 5.81. The highest BCUT2D eigenvalue weighted by Crippen LogP contribution is 2.29. The van der Waals surface area contributed by atoms with Crippen LogP contribution in [0.4, 0.5) is 0 Å². The average molecular weight is 218 g/mol. The lowest BCUT2D eigenvalue weighted by Gasteiger charge is -2.11. The van der Waals surface area contributed by atoms with Gasteiger partial charge in [-0.2, -0.15) is 0 Å². The number of hydrogen-bond acceptors (Lipinski definition) is 2. The van der Waals surface area contributed by atoms with Gasteiger partial charge < -0.3 is 9.84 Å². The maximum Gasteiger partial charge on any atom is 0.120 e. The van der Waals surface area contributed by atoms with Crippen molar-refractivity contribution in [2.24, 2.45) is 0 Å². The summed E-state index contributed by atoms with van der Waals surface area (Å²) in [5.41, 5.74) is 2.39. The first-order valence-electron chi connectivity index (χ1n) is 5.81. The SMILES string of the molecule is CC(C)Oc1cccc(C2=CC(O)CC2)c1. The molecule has 0 aromatic heterocycles. The van der Waals surface area contributed by atoms with E-state index in [2.05, 4.69) is 6.07 Å². The Kier molecular flexibility index (Phi) is 3.30.